The van der Waals surface area contributed by atoms with Crippen molar-refractivity contribution in [3.05, 3.63) is 0 Å². The van der Waals surface area contributed by atoms with Gasteiger partial charge in [-0.3, -0.25) is 0 Å². The van der Waals surface area contributed by atoms with E-state index in [1.165, 1.54) is 83.5 Å². The van der Waals surface area contributed by atoms with Crippen LogP contribution >= 0.6 is 0 Å². The van der Waals surface area contributed by atoms with Crippen molar-refractivity contribution in [1.82, 2.24) is 0 Å². The molecule has 0 bridgehead atoms. The molecule has 19 heavy (non-hydrogen) atoms. The highest BCUT2D eigenvalue weighted by molar-refractivity contribution is 6.45. The molecule has 1 heterocycles. The number of hydrogen-bond acceptors (Lipinski definition) is 2. The van der Waals surface area contributed by atoms with Crippen LogP contribution in [-0.2, 0) is 4.65 Å². The van der Waals surface area contributed by atoms with Gasteiger partial charge in [0, 0.05) is 6.61 Å². The molecular weight excluding hydrogens is 235 g/mol. The molecular formula is C16H31BO2. The maximum absolute atomic E-state index is 10.1. The van der Waals surface area contributed by atoms with Crippen molar-refractivity contribution in [1.29, 1.82) is 0 Å². The summed E-state index contributed by atoms with van der Waals surface area (Å²) < 4.78 is 5.47. The smallest absolute Gasteiger partial charge is 0.427 e. The third-order valence-electron chi connectivity index (χ3n) is 5.11. The van der Waals surface area contributed by atoms with Crippen LogP contribution in [0.1, 0.15) is 83.5 Å². The van der Waals surface area contributed by atoms with E-state index in [2.05, 4.69) is 0 Å². The van der Waals surface area contributed by atoms with Crippen molar-refractivity contribution in [2.24, 2.45) is 5.92 Å². The molecule has 0 spiro atoms. The maximum atomic E-state index is 10.1. The Bertz CT molecular complexity index is 235. The molecule has 2 fully saturated rings. The van der Waals surface area contributed by atoms with Crippen molar-refractivity contribution in [2.75, 3.05) is 6.61 Å². The minimum Gasteiger partial charge on any atom is -0.427 e. The van der Waals surface area contributed by atoms with E-state index in [0.29, 0.717) is 11.7 Å². The molecule has 1 saturated heterocycles. The second-order valence-electron chi connectivity index (χ2n) is 6.59. The molecule has 3 heteroatoms. The summed E-state index contributed by atoms with van der Waals surface area (Å²) in [5.74, 6) is 1.13. The fourth-order valence-corrected chi connectivity index (χ4v) is 3.85. The van der Waals surface area contributed by atoms with Crippen LogP contribution in [0, 0.1) is 5.92 Å². The van der Waals surface area contributed by atoms with Crippen LogP contribution in [0.2, 0.25) is 5.82 Å². The van der Waals surface area contributed by atoms with E-state index in [4.69, 9.17) is 4.65 Å². The Hall–Kier alpha value is -0.0151. The van der Waals surface area contributed by atoms with Crippen LogP contribution < -0.4 is 0 Å². The van der Waals surface area contributed by atoms with Crippen LogP contribution in [0.4, 0.5) is 0 Å². The second kappa shape index (κ2) is 9.02. The molecule has 1 N–H and O–H groups in total. The predicted molar refractivity (Wildman–Crippen MR) is 81.2 cm³/mol. The monoisotopic (exact) mass is 266 g/mol. The van der Waals surface area contributed by atoms with Crippen molar-refractivity contribution >= 4 is 7.12 Å². The van der Waals surface area contributed by atoms with Gasteiger partial charge < -0.3 is 9.68 Å². The molecule has 1 aliphatic carbocycles. The highest BCUT2D eigenvalue weighted by Gasteiger charge is 2.36. The highest BCUT2D eigenvalue weighted by Crippen LogP contribution is 2.37. The Labute approximate surface area is 119 Å². The van der Waals surface area contributed by atoms with Crippen molar-refractivity contribution in [2.45, 2.75) is 89.3 Å². The standard InChI is InChI=1S/C16H31BO2/c18-17-16-12-10-8-6-4-2-1-3-5-7-9-11-15(16)13-14-19-17/h15-16,18H,1-14H2. The summed E-state index contributed by atoms with van der Waals surface area (Å²) in [5.41, 5.74) is 0. The van der Waals surface area contributed by atoms with E-state index in [1.54, 1.807) is 0 Å². The summed E-state index contributed by atoms with van der Waals surface area (Å²) in [4.78, 5) is 0. The Balaban J connectivity index is 1.82. The van der Waals surface area contributed by atoms with Gasteiger partial charge >= 0.3 is 7.12 Å². The molecule has 0 amide bonds. The highest BCUT2D eigenvalue weighted by atomic mass is 16.5. The zero-order valence-corrected chi connectivity index (χ0v) is 12.5. The average molecular weight is 266 g/mol. The maximum Gasteiger partial charge on any atom is 0.457 e. The van der Waals surface area contributed by atoms with Crippen LogP contribution in [0.15, 0.2) is 0 Å². The van der Waals surface area contributed by atoms with Crippen molar-refractivity contribution in [3.8, 4) is 0 Å². The predicted octanol–water partition coefficient (Wildman–Crippen LogP) is 4.57. The SMILES string of the molecule is OB1OCCC2CCCCCCCCCCCCC12. The fourth-order valence-electron chi connectivity index (χ4n) is 3.85. The molecule has 2 atom stereocenters. The molecule has 0 aromatic carbocycles. The second-order valence-corrected chi connectivity index (χ2v) is 6.59. The summed E-state index contributed by atoms with van der Waals surface area (Å²) in [6.07, 6.45) is 17.5. The number of fused-ring (bicyclic) bond motifs is 1. The zero-order chi connectivity index (χ0) is 13.3. The van der Waals surface area contributed by atoms with Crippen molar-refractivity contribution < 1.29 is 9.68 Å². The first kappa shape index (κ1) is 15.4. The van der Waals surface area contributed by atoms with Crippen LogP contribution in [0.5, 0.6) is 0 Å². The van der Waals surface area contributed by atoms with E-state index < -0.39 is 7.12 Å². The van der Waals surface area contributed by atoms with E-state index in [0.717, 1.165) is 6.61 Å². The van der Waals surface area contributed by atoms with Gasteiger partial charge in [-0.2, -0.15) is 0 Å². The molecule has 2 aliphatic rings. The molecule has 1 aliphatic heterocycles. The van der Waals surface area contributed by atoms with E-state index in [-0.39, 0.29) is 0 Å². The summed E-state index contributed by atoms with van der Waals surface area (Å²) in [7, 11) is -0.480. The Kier molecular flexibility index (Phi) is 7.30. The minimum absolute atomic E-state index is 0.414. The molecule has 0 radical (unpaired) electrons. The van der Waals surface area contributed by atoms with Crippen LogP contribution in [0.25, 0.3) is 0 Å². The Morgan fingerprint density at radius 1 is 0.684 bits per heavy atom. The summed E-state index contributed by atoms with van der Waals surface area (Å²) in [6.45, 7) is 0.766. The average Bonchev–Trinajstić information content (AvgIpc) is 2.42. The van der Waals surface area contributed by atoms with Crippen molar-refractivity contribution in [3.63, 3.8) is 0 Å². The molecule has 2 unspecified atom stereocenters. The summed E-state index contributed by atoms with van der Waals surface area (Å²) in [6, 6.07) is 0. The number of rotatable bonds is 0. The van der Waals surface area contributed by atoms with E-state index >= 15 is 0 Å². The molecule has 2 nitrogen and oxygen atoms in total. The fraction of sp³-hybridized carbons (Fsp3) is 1.00. The molecule has 0 aromatic rings. The zero-order valence-electron chi connectivity index (χ0n) is 12.5. The molecule has 1 saturated carbocycles. The van der Waals surface area contributed by atoms with Gasteiger partial charge in [-0.1, -0.05) is 77.0 Å². The first-order valence-electron chi connectivity index (χ1n) is 8.67. The van der Waals surface area contributed by atoms with E-state index in [1.807, 2.05) is 0 Å². The molecule has 2 rings (SSSR count). The van der Waals surface area contributed by atoms with Gasteiger partial charge in [-0.05, 0) is 18.2 Å². The first-order valence-corrected chi connectivity index (χ1v) is 8.67. The summed E-state index contributed by atoms with van der Waals surface area (Å²) in [5, 5.41) is 10.1. The largest absolute Gasteiger partial charge is 0.457 e. The van der Waals surface area contributed by atoms with Gasteiger partial charge in [0.2, 0.25) is 0 Å². The van der Waals surface area contributed by atoms with Gasteiger partial charge in [0.05, 0.1) is 0 Å². The Morgan fingerprint density at radius 2 is 1.21 bits per heavy atom. The molecule has 110 valence electrons. The quantitative estimate of drug-likeness (QED) is 0.651. The van der Waals surface area contributed by atoms with Crippen LogP contribution in [-0.4, -0.2) is 18.7 Å². The normalized spacial score (nSPS) is 32.4. The third kappa shape index (κ3) is 5.47. The summed E-state index contributed by atoms with van der Waals surface area (Å²) >= 11 is 0. The van der Waals surface area contributed by atoms with Gasteiger partial charge in [0.1, 0.15) is 0 Å². The third-order valence-corrected chi connectivity index (χ3v) is 5.11. The first-order chi connectivity index (χ1) is 9.38. The van der Waals surface area contributed by atoms with Crippen LogP contribution in [0.3, 0.4) is 0 Å². The lowest BCUT2D eigenvalue weighted by molar-refractivity contribution is 0.161. The van der Waals surface area contributed by atoms with Gasteiger partial charge in [-0.15, -0.1) is 0 Å². The number of hydrogen-bond donors (Lipinski definition) is 1. The van der Waals surface area contributed by atoms with E-state index in [9.17, 15) is 5.02 Å². The minimum atomic E-state index is -0.480. The molecule has 0 aromatic heterocycles. The lowest BCUT2D eigenvalue weighted by atomic mass is 9.59. The van der Waals surface area contributed by atoms with Gasteiger partial charge in [0.25, 0.3) is 0 Å². The topological polar surface area (TPSA) is 29.5 Å². The van der Waals surface area contributed by atoms with Gasteiger partial charge in [-0.25, -0.2) is 0 Å². The lowest BCUT2D eigenvalue weighted by Crippen LogP contribution is -2.36. The van der Waals surface area contributed by atoms with Gasteiger partial charge in [0.15, 0.2) is 0 Å². The Morgan fingerprint density at radius 3 is 1.84 bits per heavy atom. The lowest BCUT2D eigenvalue weighted by Gasteiger charge is -2.33.